The summed E-state index contributed by atoms with van der Waals surface area (Å²) in [6.07, 6.45) is -4.27. The molecule has 4 rings (SSSR count). The highest BCUT2D eigenvalue weighted by molar-refractivity contribution is 7.51. The Hall–Kier alpha value is -2.18. The molecule has 2 unspecified atom stereocenters. The molecule has 14 heteroatoms. The minimum Gasteiger partial charge on any atom is -0.388 e. The topological polar surface area (TPSA) is 163 Å². The van der Waals surface area contributed by atoms with Crippen molar-refractivity contribution in [2.24, 2.45) is 0 Å². The molecule has 1 aliphatic heterocycles. The van der Waals surface area contributed by atoms with Gasteiger partial charge in [-0.1, -0.05) is 18.2 Å². The standard InChI is InChI=1S/C19H22ClFN5O6P/c1-9(10-4-2-3-5-11(10)21)23-16-13-17(25-19(20)24-16)26(8-22-13)18-15(28)14(27)12(32-18)6-7-33(29,30)31/h2-5,8-9,12,14-15,18,27-28H,6-7H2,1H3,(H,23,24,25)(H2,29,30,31)/t9-,12+,14?,15?,18+/m0/s1. The largest absolute Gasteiger partial charge is 0.388 e. The molecule has 0 radical (unpaired) electrons. The van der Waals surface area contributed by atoms with E-state index in [1.807, 2.05) is 0 Å². The van der Waals surface area contributed by atoms with Crippen molar-refractivity contribution < 1.29 is 33.7 Å². The quantitative estimate of drug-likeness (QED) is 0.239. The van der Waals surface area contributed by atoms with Gasteiger partial charge in [-0.15, -0.1) is 0 Å². The van der Waals surface area contributed by atoms with E-state index in [9.17, 15) is 19.2 Å². The summed E-state index contributed by atoms with van der Waals surface area (Å²) in [4.78, 5) is 30.7. The smallest absolute Gasteiger partial charge is 0.325 e. The molecule has 1 saturated heterocycles. The Balaban J connectivity index is 1.62. The lowest BCUT2D eigenvalue weighted by Crippen LogP contribution is -2.31. The van der Waals surface area contributed by atoms with Gasteiger partial charge in [0.05, 0.1) is 24.6 Å². The number of ether oxygens (including phenoxy) is 1. The van der Waals surface area contributed by atoms with Crippen molar-refractivity contribution in [2.75, 3.05) is 11.5 Å². The Kier molecular flexibility index (Phi) is 6.70. The number of hydrogen-bond acceptors (Lipinski definition) is 8. The number of hydrogen-bond donors (Lipinski definition) is 5. The average molecular weight is 502 g/mol. The fraction of sp³-hybridized carbons (Fsp3) is 0.421. The van der Waals surface area contributed by atoms with Crippen LogP contribution >= 0.6 is 19.2 Å². The van der Waals surface area contributed by atoms with Gasteiger partial charge in [0.15, 0.2) is 23.2 Å². The SMILES string of the molecule is C[C@H](Nc1nc(Cl)nc2c1ncn2[C@@H]1O[C@H](CCP(=O)(O)O)C(O)C1O)c1ccccc1F. The molecule has 1 fully saturated rings. The number of aliphatic hydroxyl groups is 2. The van der Waals surface area contributed by atoms with Gasteiger partial charge in [0.25, 0.3) is 0 Å². The molecule has 0 saturated carbocycles. The predicted octanol–water partition coefficient (Wildman–Crippen LogP) is 1.98. The summed E-state index contributed by atoms with van der Waals surface area (Å²) in [5.41, 5.74) is 0.863. The molecular formula is C19H22ClFN5O6P. The number of anilines is 1. The molecule has 3 heterocycles. The maximum Gasteiger partial charge on any atom is 0.325 e. The summed E-state index contributed by atoms with van der Waals surface area (Å²) < 4.78 is 32.4. The first kappa shape index (κ1) is 24.0. The number of halogens is 2. The van der Waals surface area contributed by atoms with Crippen LogP contribution in [0.25, 0.3) is 11.2 Å². The van der Waals surface area contributed by atoms with Crippen LogP contribution in [-0.2, 0) is 9.30 Å². The van der Waals surface area contributed by atoms with Gasteiger partial charge in [0, 0.05) is 5.56 Å². The van der Waals surface area contributed by atoms with Crippen molar-refractivity contribution in [3.63, 3.8) is 0 Å². The zero-order chi connectivity index (χ0) is 23.9. The monoisotopic (exact) mass is 501 g/mol. The normalized spacial score (nSPS) is 24.3. The van der Waals surface area contributed by atoms with Crippen LogP contribution in [0.5, 0.6) is 0 Å². The molecule has 11 nitrogen and oxygen atoms in total. The van der Waals surface area contributed by atoms with E-state index in [4.69, 9.17) is 26.1 Å². The first-order chi connectivity index (χ1) is 15.5. The van der Waals surface area contributed by atoms with Gasteiger partial charge in [-0.2, -0.15) is 9.97 Å². The summed E-state index contributed by atoms with van der Waals surface area (Å²) in [6, 6.07) is 5.78. The second-order valence-electron chi connectivity index (χ2n) is 7.78. The second-order valence-corrected chi connectivity index (χ2v) is 9.89. The lowest BCUT2D eigenvalue weighted by atomic mass is 10.1. The van der Waals surface area contributed by atoms with Crippen LogP contribution in [0.1, 0.15) is 31.2 Å². The van der Waals surface area contributed by atoms with Crippen molar-refractivity contribution >= 4 is 36.2 Å². The predicted molar refractivity (Wildman–Crippen MR) is 116 cm³/mol. The van der Waals surface area contributed by atoms with Gasteiger partial charge < -0.3 is 30.1 Å². The van der Waals surface area contributed by atoms with Crippen molar-refractivity contribution in [1.82, 2.24) is 19.5 Å². The fourth-order valence-electron chi connectivity index (χ4n) is 3.78. The first-order valence-electron chi connectivity index (χ1n) is 10.0. The average Bonchev–Trinajstić information content (AvgIpc) is 3.27. The highest BCUT2D eigenvalue weighted by atomic mass is 35.5. The van der Waals surface area contributed by atoms with E-state index >= 15 is 0 Å². The molecule has 178 valence electrons. The lowest BCUT2D eigenvalue weighted by molar-refractivity contribution is -0.0355. The Morgan fingerprint density at radius 2 is 2.00 bits per heavy atom. The van der Waals surface area contributed by atoms with E-state index in [0.29, 0.717) is 5.56 Å². The summed E-state index contributed by atoms with van der Waals surface area (Å²) in [7, 11) is -4.30. The van der Waals surface area contributed by atoms with Crippen LogP contribution in [-0.4, -0.2) is 64.0 Å². The highest BCUT2D eigenvalue weighted by Crippen LogP contribution is 2.40. The van der Waals surface area contributed by atoms with E-state index in [-0.39, 0.29) is 28.7 Å². The summed E-state index contributed by atoms with van der Waals surface area (Å²) in [5.74, 6) is -0.164. The van der Waals surface area contributed by atoms with Crippen molar-refractivity contribution in [3.05, 3.63) is 47.3 Å². The fourth-order valence-corrected chi connectivity index (χ4v) is 4.53. The van der Waals surface area contributed by atoms with Crippen LogP contribution in [0.2, 0.25) is 5.28 Å². The molecule has 5 N–H and O–H groups in total. The Morgan fingerprint density at radius 1 is 1.27 bits per heavy atom. The third kappa shape index (κ3) is 5.02. The molecule has 0 aliphatic carbocycles. The molecule has 1 aliphatic rings. The number of aromatic nitrogens is 4. The van der Waals surface area contributed by atoms with Crippen LogP contribution < -0.4 is 5.32 Å². The summed E-state index contributed by atoms with van der Waals surface area (Å²) in [6.45, 7) is 1.74. The molecule has 0 bridgehead atoms. The van der Waals surface area contributed by atoms with Crippen molar-refractivity contribution in [3.8, 4) is 0 Å². The van der Waals surface area contributed by atoms with Gasteiger partial charge in [-0.05, 0) is 31.0 Å². The maximum absolute atomic E-state index is 14.2. The van der Waals surface area contributed by atoms with Gasteiger partial charge in [-0.25, -0.2) is 9.37 Å². The summed E-state index contributed by atoms with van der Waals surface area (Å²) >= 11 is 6.10. The number of fused-ring (bicyclic) bond motifs is 1. The highest BCUT2D eigenvalue weighted by Gasteiger charge is 2.44. The first-order valence-corrected chi connectivity index (χ1v) is 12.2. The Labute approximate surface area is 192 Å². The maximum atomic E-state index is 14.2. The molecule has 5 atom stereocenters. The Morgan fingerprint density at radius 3 is 2.70 bits per heavy atom. The van der Waals surface area contributed by atoms with Gasteiger partial charge in [0.2, 0.25) is 5.28 Å². The van der Waals surface area contributed by atoms with E-state index in [0.717, 1.165) is 0 Å². The minimum atomic E-state index is -4.30. The Bertz CT molecular complexity index is 1210. The molecule has 0 spiro atoms. The number of aliphatic hydroxyl groups excluding tert-OH is 2. The van der Waals surface area contributed by atoms with Gasteiger partial charge in [-0.3, -0.25) is 9.13 Å². The number of benzene rings is 1. The molecular weight excluding hydrogens is 480 g/mol. The number of imidazole rings is 1. The molecule has 3 aromatic rings. The molecule has 2 aromatic heterocycles. The zero-order valence-electron chi connectivity index (χ0n) is 17.3. The van der Waals surface area contributed by atoms with Crippen LogP contribution in [0.3, 0.4) is 0 Å². The zero-order valence-corrected chi connectivity index (χ0v) is 18.9. The van der Waals surface area contributed by atoms with E-state index in [2.05, 4.69) is 20.3 Å². The third-order valence-electron chi connectivity index (χ3n) is 5.44. The number of nitrogens with one attached hydrogen (secondary N) is 1. The van der Waals surface area contributed by atoms with Crippen LogP contribution in [0.15, 0.2) is 30.6 Å². The molecule has 1 aromatic carbocycles. The lowest BCUT2D eigenvalue weighted by Gasteiger charge is -2.18. The molecule has 33 heavy (non-hydrogen) atoms. The van der Waals surface area contributed by atoms with Crippen LogP contribution in [0.4, 0.5) is 10.2 Å². The third-order valence-corrected chi connectivity index (χ3v) is 6.45. The van der Waals surface area contributed by atoms with Crippen molar-refractivity contribution in [1.29, 1.82) is 0 Å². The summed E-state index contributed by atoms with van der Waals surface area (Å²) in [5, 5.41) is 23.7. The number of rotatable bonds is 7. The van der Waals surface area contributed by atoms with Gasteiger partial charge in [0.1, 0.15) is 18.0 Å². The number of nitrogens with zero attached hydrogens (tertiary/aromatic N) is 4. The van der Waals surface area contributed by atoms with Crippen molar-refractivity contribution in [2.45, 2.75) is 43.9 Å². The minimum absolute atomic E-state index is 0.140. The van der Waals surface area contributed by atoms with E-state index < -0.39 is 50.2 Å². The molecule has 0 amide bonds. The van der Waals surface area contributed by atoms with Crippen LogP contribution in [0, 0.1) is 5.82 Å². The van der Waals surface area contributed by atoms with E-state index in [1.165, 1.54) is 17.0 Å². The van der Waals surface area contributed by atoms with Gasteiger partial charge >= 0.3 is 7.60 Å². The second kappa shape index (κ2) is 9.22. The van der Waals surface area contributed by atoms with E-state index in [1.54, 1.807) is 25.1 Å².